The van der Waals surface area contributed by atoms with Crippen molar-refractivity contribution in [3.8, 4) is 0 Å². The molecule has 6 nitrogen and oxygen atoms in total. The summed E-state index contributed by atoms with van der Waals surface area (Å²) in [5.41, 5.74) is 7.34. The number of hydrogen-bond acceptors (Lipinski definition) is 4. The minimum atomic E-state index is -0.197. The van der Waals surface area contributed by atoms with Gasteiger partial charge in [-0.2, -0.15) is 0 Å². The first kappa shape index (κ1) is 13.8. The van der Waals surface area contributed by atoms with Gasteiger partial charge in [-0.25, -0.2) is 0 Å². The van der Waals surface area contributed by atoms with Crippen LogP contribution >= 0.6 is 0 Å². The van der Waals surface area contributed by atoms with Gasteiger partial charge in [0.2, 0.25) is 5.91 Å². The van der Waals surface area contributed by atoms with Gasteiger partial charge in [-0.3, -0.25) is 9.59 Å². The van der Waals surface area contributed by atoms with Crippen LogP contribution in [0.25, 0.3) is 0 Å². The fourth-order valence-corrected chi connectivity index (χ4v) is 1.32. The fraction of sp³-hybridized carbons (Fsp3) is 0.333. The third-order valence-electron chi connectivity index (χ3n) is 2.47. The Labute approximate surface area is 106 Å². The molecule has 0 bridgehead atoms. The van der Waals surface area contributed by atoms with E-state index < -0.39 is 0 Å². The normalized spacial score (nSPS) is 9.72. The summed E-state index contributed by atoms with van der Waals surface area (Å²) in [5.74, 6) is -0.267. The molecular formula is C12H18N4O2. The SMILES string of the molecule is CNC(=O)c1ccc(N)c(NCC(=O)N(C)C)c1. The van der Waals surface area contributed by atoms with E-state index in [9.17, 15) is 9.59 Å². The Balaban J connectivity index is 2.82. The molecule has 18 heavy (non-hydrogen) atoms. The van der Waals surface area contributed by atoms with Gasteiger partial charge in [0.1, 0.15) is 0 Å². The highest BCUT2D eigenvalue weighted by Gasteiger charge is 2.08. The molecule has 0 aliphatic rings. The van der Waals surface area contributed by atoms with E-state index in [1.165, 1.54) is 4.90 Å². The van der Waals surface area contributed by atoms with Crippen LogP contribution in [0.1, 0.15) is 10.4 Å². The molecule has 6 heteroatoms. The summed E-state index contributed by atoms with van der Waals surface area (Å²) < 4.78 is 0. The summed E-state index contributed by atoms with van der Waals surface area (Å²) >= 11 is 0. The Hall–Kier alpha value is -2.24. The maximum atomic E-state index is 11.5. The molecule has 0 fully saturated rings. The van der Waals surface area contributed by atoms with Gasteiger partial charge in [0.15, 0.2) is 0 Å². The van der Waals surface area contributed by atoms with Crippen LogP contribution in [0.4, 0.5) is 11.4 Å². The zero-order valence-corrected chi connectivity index (χ0v) is 10.8. The van der Waals surface area contributed by atoms with Gasteiger partial charge in [-0.05, 0) is 18.2 Å². The number of amides is 2. The highest BCUT2D eigenvalue weighted by Crippen LogP contribution is 2.19. The number of anilines is 2. The van der Waals surface area contributed by atoms with E-state index in [1.54, 1.807) is 39.3 Å². The Bertz CT molecular complexity index is 457. The van der Waals surface area contributed by atoms with Crippen molar-refractivity contribution < 1.29 is 9.59 Å². The lowest BCUT2D eigenvalue weighted by molar-refractivity contribution is -0.126. The van der Waals surface area contributed by atoms with E-state index in [0.29, 0.717) is 16.9 Å². The molecular weight excluding hydrogens is 232 g/mol. The number of benzene rings is 1. The van der Waals surface area contributed by atoms with E-state index in [0.717, 1.165) is 0 Å². The van der Waals surface area contributed by atoms with E-state index in [2.05, 4.69) is 10.6 Å². The van der Waals surface area contributed by atoms with Crippen molar-refractivity contribution in [2.45, 2.75) is 0 Å². The monoisotopic (exact) mass is 250 g/mol. The largest absolute Gasteiger partial charge is 0.397 e. The van der Waals surface area contributed by atoms with Gasteiger partial charge in [-0.15, -0.1) is 0 Å². The molecule has 0 spiro atoms. The second kappa shape index (κ2) is 5.90. The van der Waals surface area contributed by atoms with E-state index in [4.69, 9.17) is 5.73 Å². The molecule has 1 aromatic rings. The van der Waals surface area contributed by atoms with Gasteiger partial charge in [0.25, 0.3) is 5.91 Å². The minimum absolute atomic E-state index is 0.0697. The van der Waals surface area contributed by atoms with Crippen LogP contribution in [0, 0.1) is 0 Å². The predicted molar refractivity (Wildman–Crippen MR) is 71.4 cm³/mol. The first-order valence-electron chi connectivity index (χ1n) is 5.51. The summed E-state index contributed by atoms with van der Waals surface area (Å²) in [6.45, 7) is 0.133. The number of hydrogen-bond donors (Lipinski definition) is 3. The van der Waals surface area contributed by atoms with Gasteiger partial charge in [0, 0.05) is 26.7 Å². The lowest BCUT2D eigenvalue weighted by Gasteiger charge is -2.13. The van der Waals surface area contributed by atoms with Crippen LogP contribution in [-0.4, -0.2) is 44.4 Å². The second-order valence-corrected chi connectivity index (χ2v) is 4.02. The van der Waals surface area contributed by atoms with E-state index in [1.807, 2.05) is 0 Å². The van der Waals surface area contributed by atoms with Gasteiger partial charge >= 0.3 is 0 Å². The predicted octanol–water partition coefficient (Wildman–Crippen LogP) is 0.129. The van der Waals surface area contributed by atoms with Crippen molar-refractivity contribution in [1.82, 2.24) is 10.2 Å². The van der Waals surface area contributed by atoms with Crippen molar-refractivity contribution >= 4 is 23.2 Å². The topological polar surface area (TPSA) is 87.5 Å². The molecule has 4 N–H and O–H groups in total. The summed E-state index contributed by atoms with van der Waals surface area (Å²) in [5, 5.41) is 5.45. The van der Waals surface area contributed by atoms with Crippen molar-refractivity contribution in [2.24, 2.45) is 0 Å². The Morgan fingerprint density at radius 3 is 2.56 bits per heavy atom. The molecule has 98 valence electrons. The summed E-state index contributed by atoms with van der Waals surface area (Å²) in [4.78, 5) is 24.4. The van der Waals surface area contributed by atoms with Crippen LogP contribution in [0.2, 0.25) is 0 Å². The van der Waals surface area contributed by atoms with E-state index >= 15 is 0 Å². The molecule has 2 amide bonds. The smallest absolute Gasteiger partial charge is 0.251 e. The average molecular weight is 250 g/mol. The molecule has 0 aliphatic carbocycles. The number of nitrogens with two attached hydrogens (primary N) is 1. The molecule has 0 aliphatic heterocycles. The molecule has 0 saturated carbocycles. The standard InChI is InChI=1S/C12H18N4O2/c1-14-12(18)8-4-5-9(13)10(6-8)15-7-11(17)16(2)3/h4-6,15H,7,13H2,1-3H3,(H,14,18). The number of likely N-dealkylation sites (N-methyl/N-ethyl adjacent to an activating group) is 1. The van der Waals surface area contributed by atoms with Crippen molar-refractivity contribution in [3.05, 3.63) is 23.8 Å². The number of nitrogen functional groups attached to an aromatic ring is 1. The second-order valence-electron chi connectivity index (χ2n) is 4.02. The quantitative estimate of drug-likeness (QED) is 0.663. The maximum absolute atomic E-state index is 11.5. The number of nitrogens with one attached hydrogen (secondary N) is 2. The first-order chi connectivity index (χ1) is 8.45. The van der Waals surface area contributed by atoms with Crippen LogP contribution in [0.15, 0.2) is 18.2 Å². The Morgan fingerprint density at radius 1 is 1.33 bits per heavy atom. The molecule has 1 aromatic carbocycles. The molecule has 0 atom stereocenters. The summed E-state index contributed by atoms with van der Waals surface area (Å²) in [6, 6.07) is 4.89. The summed E-state index contributed by atoms with van der Waals surface area (Å²) in [7, 11) is 4.91. The fourth-order valence-electron chi connectivity index (χ4n) is 1.32. The third-order valence-corrected chi connectivity index (χ3v) is 2.47. The first-order valence-corrected chi connectivity index (χ1v) is 5.51. The zero-order valence-electron chi connectivity index (χ0n) is 10.8. The van der Waals surface area contributed by atoms with Crippen LogP contribution < -0.4 is 16.4 Å². The van der Waals surface area contributed by atoms with Crippen LogP contribution in [-0.2, 0) is 4.79 Å². The number of carbonyl (C=O) groups excluding carboxylic acids is 2. The van der Waals surface area contributed by atoms with Crippen LogP contribution in [0.5, 0.6) is 0 Å². The molecule has 0 saturated heterocycles. The maximum Gasteiger partial charge on any atom is 0.251 e. The third kappa shape index (κ3) is 3.38. The number of rotatable bonds is 4. The Morgan fingerprint density at radius 2 is 2.00 bits per heavy atom. The Kier molecular flexibility index (Phi) is 4.53. The average Bonchev–Trinajstić information content (AvgIpc) is 2.36. The number of carbonyl (C=O) groups is 2. The summed E-state index contributed by atoms with van der Waals surface area (Å²) in [6.07, 6.45) is 0. The van der Waals surface area contributed by atoms with Crippen molar-refractivity contribution in [1.29, 1.82) is 0 Å². The molecule has 0 unspecified atom stereocenters. The molecule has 1 rings (SSSR count). The molecule has 0 heterocycles. The van der Waals surface area contributed by atoms with Crippen LogP contribution in [0.3, 0.4) is 0 Å². The molecule has 0 radical (unpaired) electrons. The van der Waals surface area contributed by atoms with Gasteiger partial charge in [-0.1, -0.05) is 0 Å². The number of nitrogens with zero attached hydrogens (tertiary/aromatic N) is 1. The minimum Gasteiger partial charge on any atom is -0.397 e. The van der Waals surface area contributed by atoms with Crippen molar-refractivity contribution in [2.75, 3.05) is 38.7 Å². The zero-order chi connectivity index (χ0) is 13.7. The molecule has 0 aromatic heterocycles. The van der Waals surface area contributed by atoms with Gasteiger partial charge < -0.3 is 21.3 Å². The lowest BCUT2D eigenvalue weighted by atomic mass is 10.1. The highest BCUT2D eigenvalue weighted by atomic mass is 16.2. The van der Waals surface area contributed by atoms with Gasteiger partial charge in [0.05, 0.1) is 17.9 Å². The van der Waals surface area contributed by atoms with Crippen molar-refractivity contribution in [3.63, 3.8) is 0 Å². The van der Waals surface area contributed by atoms with E-state index in [-0.39, 0.29) is 18.4 Å². The highest BCUT2D eigenvalue weighted by molar-refractivity contribution is 5.96. The lowest BCUT2D eigenvalue weighted by Crippen LogP contribution is -2.29.